The van der Waals surface area contributed by atoms with Crippen molar-refractivity contribution in [2.24, 2.45) is 0 Å². The molecule has 1 heterocycles. The van der Waals surface area contributed by atoms with Crippen molar-refractivity contribution in [2.45, 2.75) is 13.0 Å². The summed E-state index contributed by atoms with van der Waals surface area (Å²) in [5.41, 5.74) is 1.95. The van der Waals surface area contributed by atoms with Crippen LogP contribution in [-0.2, 0) is 9.53 Å². The van der Waals surface area contributed by atoms with E-state index in [9.17, 15) is 9.59 Å². The number of hydrogen-bond acceptors (Lipinski definition) is 5. The minimum Gasteiger partial charge on any atom is -0.443 e. The van der Waals surface area contributed by atoms with Crippen molar-refractivity contribution in [1.82, 2.24) is 9.97 Å². The van der Waals surface area contributed by atoms with Crippen molar-refractivity contribution in [2.75, 3.05) is 5.32 Å². The fourth-order valence-electron chi connectivity index (χ4n) is 2.35. The van der Waals surface area contributed by atoms with E-state index in [4.69, 9.17) is 16.3 Å². The average Bonchev–Trinajstić information content (AvgIpc) is 2.70. The molecule has 1 atom stereocenters. The monoisotopic (exact) mass is 381 g/mol. The molecule has 0 radical (unpaired) electrons. The molecule has 0 fully saturated rings. The van der Waals surface area contributed by atoms with Gasteiger partial charge in [0.2, 0.25) is 6.10 Å². The Bertz CT molecular complexity index is 949. The largest absolute Gasteiger partial charge is 0.443 e. The topological polar surface area (TPSA) is 81.2 Å². The Morgan fingerprint density at radius 2 is 1.89 bits per heavy atom. The highest BCUT2D eigenvalue weighted by Gasteiger charge is 2.26. The number of halogens is 1. The van der Waals surface area contributed by atoms with Gasteiger partial charge in [-0.15, -0.1) is 0 Å². The maximum Gasteiger partial charge on any atom is 0.359 e. The molecule has 0 spiro atoms. The van der Waals surface area contributed by atoms with E-state index >= 15 is 0 Å². The predicted molar refractivity (Wildman–Crippen MR) is 101 cm³/mol. The SMILES string of the molecule is Cc1ccc(NC(=O)[C@@H](OC(=O)c2cnccn2)c2ccccc2)cc1Cl. The highest BCUT2D eigenvalue weighted by atomic mass is 35.5. The van der Waals surface area contributed by atoms with Crippen molar-refractivity contribution < 1.29 is 14.3 Å². The van der Waals surface area contributed by atoms with Crippen molar-refractivity contribution in [1.29, 1.82) is 0 Å². The molecule has 1 N–H and O–H groups in total. The maximum absolute atomic E-state index is 12.8. The lowest BCUT2D eigenvalue weighted by molar-refractivity contribution is -0.125. The van der Waals surface area contributed by atoms with Crippen LogP contribution in [-0.4, -0.2) is 21.8 Å². The highest BCUT2D eigenvalue weighted by Crippen LogP contribution is 2.24. The first-order valence-corrected chi connectivity index (χ1v) is 8.51. The maximum atomic E-state index is 12.8. The molecule has 0 saturated heterocycles. The van der Waals surface area contributed by atoms with E-state index in [1.54, 1.807) is 42.5 Å². The number of carbonyl (C=O) groups is 2. The van der Waals surface area contributed by atoms with Gasteiger partial charge in [-0.25, -0.2) is 9.78 Å². The van der Waals surface area contributed by atoms with Crippen molar-refractivity contribution in [3.63, 3.8) is 0 Å². The number of rotatable bonds is 5. The first-order valence-electron chi connectivity index (χ1n) is 8.13. The molecule has 0 saturated carbocycles. The normalized spacial score (nSPS) is 11.5. The molecule has 2 aromatic carbocycles. The predicted octanol–water partition coefficient (Wildman–Crippen LogP) is 3.98. The zero-order valence-electron chi connectivity index (χ0n) is 14.4. The molecular formula is C20H16ClN3O3. The molecule has 27 heavy (non-hydrogen) atoms. The van der Waals surface area contributed by atoms with Gasteiger partial charge in [0, 0.05) is 28.7 Å². The van der Waals surface area contributed by atoms with E-state index in [1.165, 1.54) is 18.6 Å². The third kappa shape index (κ3) is 4.68. The Hall–Kier alpha value is -3.25. The van der Waals surface area contributed by atoms with E-state index in [2.05, 4.69) is 15.3 Å². The number of amides is 1. The molecule has 0 aliphatic rings. The van der Waals surface area contributed by atoms with Crippen LogP contribution in [0.25, 0.3) is 0 Å². The molecule has 1 amide bonds. The van der Waals surface area contributed by atoms with E-state index in [1.807, 2.05) is 13.0 Å². The summed E-state index contributed by atoms with van der Waals surface area (Å²) in [6.07, 6.45) is 2.95. The van der Waals surface area contributed by atoms with Gasteiger partial charge in [-0.3, -0.25) is 9.78 Å². The fraction of sp³-hybridized carbons (Fsp3) is 0.100. The molecule has 0 unspecified atom stereocenters. The summed E-state index contributed by atoms with van der Waals surface area (Å²) >= 11 is 6.11. The van der Waals surface area contributed by atoms with E-state index in [0.29, 0.717) is 16.3 Å². The molecule has 6 nitrogen and oxygen atoms in total. The van der Waals surface area contributed by atoms with Crippen molar-refractivity contribution in [3.05, 3.63) is 89.0 Å². The Balaban J connectivity index is 1.84. The number of aryl methyl sites for hydroxylation is 1. The summed E-state index contributed by atoms with van der Waals surface area (Å²) in [4.78, 5) is 32.9. The number of benzene rings is 2. The molecule has 3 aromatic rings. The van der Waals surface area contributed by atoms with Gasteiger partial charge >= 0.3 is 5.97 Å². The summed E-state index contributed by atoms with van der Waals surface area (Å²) in [7, 11) is 0. The second kappa shape index (κ2) is 8.42. The molecule has 3 rings (SSSR count). The van der Waals surface area contributed by atoms with Gasteiger partial charge in [0.15, 0.2) is 5.69 Å². The van der Waals surface area contributed by atoms with Crippen LogP contribution in [0.5, 0.6) is 0 Å². The summed E-state index contributed by atoms with van der Waals surface area (Å²) < 4.78 is 5.42. The quantitative estimate of drug-likeness (QED) is 0.676. The fourth-order valence-corrected chi connectivity index (χ4v) is 2.53. The van der Waals surface area contributed by atoms with Gasteiger partial charge < -0.3 is 10.1 Å². The second-order valence-corrected chi connectivity index (χ2v) is 6.15. The van der Waals surface area contributed by atoms with Gasteiger partial charge in [0.05, 0.1) is 6.20 Å². The Morgan fingerprint density at radius 3 is 2.56 bits per heavy atom. The number of aromatic nitrogens is 2. The Labute approximate surface area is 161 Å². The standard InChI is InChI=1S/C20H16ClN3O3/c1-13-7-8-15(11-16(13)21)24-19(25)18(14-5-3-2-4-6-14)27-20(26)17-12-22-9-10-23-17/h2-12,18H,1H3,(H,24,25)/t18-/m0/s1. The number of hydrogen-bond donors (Lipinski definition) is 1. The van der Waals surface area contributed by atoms with Crippen molar-refractivity contribution >= 4 is 29.2 Å². The van der Waals surface area contributed by atoms with Crippen LogP contribution in [0.1, 0.15) is 27.7 Å². The molecular weight excluding hydrogens is 366 g/mol. The van der Waals surface area contributed by atoms with Gasteiger partial charge in [-0.2, -0.15) is 0 Å². The van der Waals surface area contributed by atoms with Crippen molar-refractivity contribution in [3.8, 4) is 0 Å². The summed E-state index contributed by atoms with van der Waals surface area (Å²) in [6, 6.07) is 13.9. The lowest BCUT2D eigenvalue weighted by Crippen LogP contribution is -2.26. The number of nitrogens with zero attached hydrogens (tertiary/aromatic N) is 2. The third-order valence-corrected chi connectivity index (χ3v) is 4.18. The summed E-state index contributed by atoms with van der Waals surface area (Å²) in [6.45, 7) is 1.86. The number of carbonyl (C=O) groups excluding carboxylic acids is 2. The number of ether oxygens (including phenoxy) is 1. The molecule has 0 aliphatic carbocycles. The Morgan fingerprint density at radius 1 is 1.11 bits per heavy atom. The van der Waals surface area contributed by atoms with Crippen LogP contribution in [0.4, 0.5) is 5.69 Å². The van der Waals surface area contributed by atoms with E-state index in [-0.39, 0.29) is 5.69 Å². The first-order chi connectivity index (χ1) is 13.0. The average molecular weight is 382 g/mol. The smallest absolute Gasteiger partial charge is 0.359 e. The van der Waals surface area contributed by atoms with E-state index in [0.717, 1.165) is 5.56 Å². The number of esters is 1. The molecule has 7 heteroatoms. The zero-order chi connectivity index (χ0) is 19.2. The number of anilines is 1. The van der Waals surface area contributed by atoms with Crippen LogP contribution in [0.3, 0.4) is 0 Å². The molecule has 136 valence electrons. The summed E-state index contributed by atoms with van der Waals surface area (Å²) in [5, 5.41) is 3.26. The molecule has 0 bridgehead atoms. The molecule has 1 aromatic heterocycles. The van der Waals surface area contributed by atoms with E-state index < -0.39 is 18.0 Å². The van der Waals surface area contributed by atoms with Crippen LogP contribution >= 0.6 is 11.6 Å². The number of nitrogens with one attached hydrogen (secondary N) is 1. The third-order valence-electron chi connectivity index (χ3n) is 3.78. The van der Waals surface area contributed by atoms with Crippen LogP contribution in [0.2, 0.25) is 5.02 Å². The lowest BCUT2D eigenvalue weighted by atomic mass is 10.1. The first kappa shape index (κ1) is 18.5. The zero-order valence-corrected chi connectivity index (χ0v) is 15.2. The minimum absolute atomic E-state index is 0.0182. The van der Waals surface area contributed by atoms with Crippen LogP contribution in [0.15, 0.2) is 67.1 Å². The van der Waals surface area contributed by atoms with Gasteiger partial charge in [0.1, 0.15) is 0 Å². The highest BCUT2D eigenvalue weighted by molar-refractivity contribution is 6.31. The minimum atomic E-state index is -1.15. The van der Waals surface area contributed by atoms with Gasteiger partial charge in [-0.05, 0) is 24.6 Å². The van der Waals surface area contributed by atoms with Gasteiger partial charge in [0.25, 0.3) is 5.91 Å². The Kier molecular flexibility index (Phi) is 5.78. The molecule has 0 aliphatic heterocycles. The lowest BCUT2D eigenvalue weighted by Gasteiger charge is -2.18. The van der Waals surface area contributed by atoms with Crippen LogP contribution < -0.4 is 5.32 Å². The van der Waals surface area contributed by atoms with Crippen LogP contribution in [0, 0.1) is 6.92 Å². The summed E-state index contributed by atoms with van der Waals surface area (Å²) in [5.74, 6) is -1.24. The second-order valence-electron chi connectivity index (χ2n) is 5.74. The van der Waals surface area contributed by atoms with Gasteiger partial charge in [-0.1, -0.05) is 48.0 Å².